The fourth-order valence-corrected chi connectivity index (χ4v) is 4.91. The topological polar surface area (TPSA) is 70.1 Å². The molecule has 0 aromatic heterocycles. The highest BCUT2D eigenvalue weighted by Gasteiger charge is 2.42. The third-order valence-electron chi connectivity index (χ3n) is 5.60. The van der Waals surface area contributed by atoms with Crippen molar-refractivity contribution >= 4 is 23.8 Å². The van der Waals surface area contributed by atoms with Crippen molar-refractivity contribution < 1.29 is 19.4 Å². The van der Waals surface area contributed by atoms with Crippen LogP contribution in [0.1, 0.15) is 45.1 Å². The van der Waals surface area contributed by atoms with Gasteiger partial charge in [-0.25, -0.2) is 4.79 Å². The maximum Gasteiger partial charge on any atom is 0.410 e. The molecule has 0 radical (unpaired) electrons. The molecule has 3 rings (SSSR count). The Hall–Kier alpha value is -1.73. The summed E-state index contributed by atoms with van der Waals surface area (Å²) in [4.78, 5) is 29.2. The number of ether oxygens (including phenoxy) is 1. The van der Waals surface area contributed by atoms with Crippen LogP contribution in [0.15, 0.2) is 30.3 Å². The lowest BCUT2D eigenvalue weighted by atomic mass is 10.1. The number of carbonyl (C=O) groups excluding carboxylic acids is 2. The minimum absolute atomic E-state index is 0.0461. The molecule has 2 aliphatic heterocycles. The Morgan fingerprint density at radius 3 is 2.55 bits per heavy atom. The first-order valence-electron chi connectivity index (χ1n) is 10.5. The molecular weight excluding hydrogens is 388 g/mol. The Balaban J connectivity index is 1.59. The van der Waals surface area contributed by atoms with E-state index in [9.17, 15) is 14.7 Å². The van der Waals surface area contributed by atoms with Gasteiger partial charge in [0.05, 0.1) is 12.1 Å². The maximum atomic E-state index is 13.2. The van der Waals surface area contributed by atoms with E-state index >= 15 is 0 Å². The zero-order valence-corrected chi connectivity index (χ0v) is 18.1. The van der Waals surface area contributed by atoms with Crippen LogP contribution in [0.5, 0.6) is 0 Å². The average Bonchev–Trinajstić information content (AvgIpc) is 3.40. The van der Waals surface area contributed by atoms with Gasteiger partial charge in [0.15, 0.2) is 0 Å². The number of hydrogen-bond acceptors (Lipinski definition) is 5. The van der Waals surface area contributed by atoms with Gasteiger partial charge < -0.3 is 14.7 Å². The fraction of sp³-hybridized carbons (Fsp3) is 0.636. The normalized spacial score (nSPS) is 22.9. The van der Waals surface area contributed by atoms with Crippen molar-refractivity contribution in [2.45, 2.75) is 69.6 Å². The second kappa shape index (κ2) is 10.3. The SMILES string of the molecule is CC(C)SCC(O)[C@@H]1CCCN1C(=O)[C@@H]1CCCN1C(=O)OCc1ccccc1. The molecule has 2 heterocycles. The zero-order valence-electron chi connectivity index (χ0n) is 17.3. The van der Waals surface area contributed by atoms with Gasteiger partial charge in [-0.3, -0.25) is 9.69 Å². The van der Waals surface area contributed by atoms with Gasteiger partial charge in [0, 0.05) is 18.8 Å². The minimum Gasteiger partial charge on any atom is -0.445 e. The molecule has 0 bridgehead atoms. The number of aliphatic hydroxyl groups excluding tert-OH is 1. The summed E-state index contributed by atoms with van der Waals surface area (Å²) in [6, 6.07) is 8.90. The molecule has 7 heteroatoms. The Kier molecular flexibility index (Phi) is 7.84. The lowest BCUT2D eigenvalue weighted by Crippen LogP contribution is -2.52. The molecule has 1 aromatic carbocycles. The number of likely N-dealkylation sites (tertiary alicyclic amines) is 2. The predicted octanol–water partition coefficient (Wildman–Crippen LogP) is 3.28. The van der Waals surface area contributed by atoms with Crippen molar-refractivity contribution in [3.05, 3.63) is 35.9 Å². The Morgan fingerprint density at radius 1 is 1.14 bits per heavy atom. The molecule has 3 atom stereocenters. The quantitative estimate of drug-likeness (QED) is 0.733. The van der Waals surface area contributed by atoms with E-state index in [0.29, 0.717) is 30.5 Å². The zero-order chi connectivity index (χ0) is 20.8. The lowest BCUT2D eigenvalue weighted by molar-refractivity contribution is -0.138. The first-order chi connectivity index (χ1) is 14.0. The first-order valence-corrected chi connectivity index (χ1v) is 11.6. The van der Waals surface area contributed by atoms with Gasteiger partial charge in [0.25, 0.3) is 0 Å². The molecule has 0 aliphatic carbocycles. The summed E-state index contributed by atoms with van der Waals surface area (Å²) in [7, 11) is 0. The van der Waals surface area contributed by atoms with Crippen molar-refractivity contribution in [2.24, 2.45) is 0 Å². The van der Waals surface area contributed by atoms with E-state index in [1.54, 1.807) is 21.6 Å². The number of carbonyl (C=O) groups is 2. The van der Waals surface area contributed by atoms with Gasteiger partial charge in [-0.05, 0) is 36.5 Å². The molecule has 2 aliphatic rings. The van der Waals surface area contributed by atoms with Gasteiger partial charge in [-0.1, -0.05) is 44.2 Å². The molecule has 0 spiro atoms. The molecule has 160 valence electrons. The van der Waals surface area contributed by atoms with Gasteiger partial charge in [-0.2, -0.15) is 11.8 Å². The molecule has 2 saturated heterocycles. The number of benzene rings is 1. The van der Waals surface area contributed by atoms with E-state index in [0.717, 1.165) is 24.8 Å². The van der Waals surface area contributed by atoms with Crippen LogP contribution in [0.25, 0.3) is 0 Å². The smallest absolute Gasteiger partial charge is 0.410 e. The summed E-state index contributed by atoms with van der Waals surface area (Å²) in [5.41, 5.74) is 0.924. The number of nitrogens with zero attached hydrogens (tertiary/aromatic N) is 2. The van der Waals surface area contributed by atoms with E-state index in [4.69, 9.17) is 4.74 Å². The van der Waals surface area contributed by atoms with Gasteiger partial charge >= 0.3 is 6.09 Å². The highest BCUT2D eigenvalue weighted by atomic mass is 32.2. The van der Waals surface area contributed by atoms with Crippen molar-refractivity contribution in [2.75, 3.05) is 18.8 Å². The van der Waals surface area contributed by atoms with Crippen LogP contribution >= 0.6 is 11.8 Å². The van der Waals surface area contributed by atoms with E-state index in [1.165, 1.54) is 0 Å². The van der Waals surface area contributed by atoms with Crippen LogP contribution in [0.2, 0.25) is 0 Å². The van der Waals surface area contributed by atoms with Crippen LogP contribution < -0.4 is 0 Å². The summed E-state index contributed by atoms with van der Waals surface area (Å²) in [5.74, 6) is 0.579. The van der Waals surface area contributed by atoms with Crippen LogP contribution in [-0.2, 0) is 16.1 Å². The number of hydrogen-bond donors (Lipinski definition) is 1. The summed E-state index contributed by atoms with van der Waals surface area (Å²) < 4.78 is 5.46. The van der Waals surface area contributed by atoms with Crippen LogP contribution in [0.4, 0.5) is 4.79 Å². The van der Waals surface area contributed by atoms with Crippen molar-refractivity contribution in [3.8, 4) is 0 Å². The second-order valence-electron chi connectivity index (χ2n) is 8.08. The van der Waals surface area contributed by atoms with Crippen molar-refractivity contribution in [1.29, 1.82) is 0 Å². The number of thioether (sulfide) groups is 1. The van der Waals surface area contributed by atoms with Crippen molar-refractivity contribution in [3.63, 3.8) is 0 Å². The van der Waals surface area contributed by atoms with E-state index in [2.05, 4.69) is 13.8 Å². The lowest BCUT2D eigenvalue weighted by Gasteiger charge is -2.33. The van der Waals surface area contributed by atoms with Crippen LogP contribution in [0, 0.1) is 0 Å². The van der Waals surface area contributed by atoms with E-state index in [1.807, 2.05) is 30.3 Å². The second-order valence-corrected chi connectivity index (χ2v) is 9.69. The molecular formula is C22H32N2O4S. The third kappa shape index (κ3) is 5.66. The molecule has 6 nitrogen and oxygen atoms in total. The van der Waals surface area contributed by atoms with E-state index in [-0.39, 0.29) is 18.6 Å². The Labute approximate surface area is 177 Å². The fourth-order valence-electron chi connectivity index (χ4n) is 4.10. The van der Waals surface area contributed by atoms with Gasteiger partial charge in [-0.15, -0.1) is 0 Å². The summed E-state index contributed by atoms with van der Waals surface area (Å²) in [6.07, 6.45) is 2.19. The van der Waals surface area contributed by atoms with Crippen molar-refractivity contribution in [1.82, 2.24) is 9.80 Å². The highest BCUT2D eigenvalue weighted by Crippen LogP contribution is 2.28. The maximum absolute atomic E-state index is 13.2. The Bertz CT molecular complexity index is 685. The largest absolute Gasteiger partial charge is 0.445 e. The highest BCUT2D eigenvalue weighted by molar-refractivity contribution is 7.99. The van der Waals surface area contributed by atoms with Gasteiger partial charge in [0.2, 0.25) is 5.91 Å². The monoisotopic (exact) mass is 420 g/mol. The summed E-state index contributed by atoms with van der Waals surface area (Å²) in [5, 5.41) is 11.1. The molecule has 2 amide bonds. The average molecular weight is 421 g/mol. The molecule has 1 N–H and O–H groups in total. The third-order valence-corrected chi connectivity index (χ3v) is 6.80. The van der Waals surface area contributed by atoms with Gasteiger partial charge in [0.1, 0.15) is 12.6 Å². The first kappa shape index (κ1) is 22.0. The Morgan fingerprint density at radius 2 is 1.83 bits per heavy atom. The molecule has 1 unspecified atom stereocenters. The molecule has 29 heavy (non-hydrogen) atoms. The molecule has 0 saturated carbocycles. The number of aliphatic hydroxyl groups is 1. The standard InChI is InChI=1S/C22H32N2O4S/c1-16(2)29-15-20(25)18-10-6-12-23(18)21(26)19-11-7-13-24(19)22(27)28-14-17-8-4-3-5-9-17/h3-5,8-9,16,18-20,25H,6-7,10-15H2,1-2H3/t18-,19-,20?/m0/s1. The summed E-state index contributed by atoms with van der Waals surface area (Å²) >= 11 is 1.71. The minimum atomic E-state index is -0.534. The number of amides is 2. The predicted molar refractivity (Wildman–Crippen MR) is 115 cm³/mol. The molecule has 1 aromatic rings. The van der Waals surface area contributed by atoms with E-state index < -0.39 is 18.2 Å². The number of rotatable bonds is 7. The van der Waals surface area contributed by atoms with Crippen LogP contribution in [-0.4, -0.2) is 69.2 Å². The van der Waals surface area contributed by atoms with Crippen LogP contribution in [0.3, 0.4) is 0 Å². The summed E-state index contributed by atoms with van der Waals surface area (Å²) in [6.45, 7) is 5.60. The molecule has 2 fully saturated rings.